The van der Waals surface area contributed by atoms with Crippen LogP contribution in [0.25, 0.3) is 0 Å². The molecule has 0 aliphatic carbocycles. The average Bonchev–Trinajstić information content (AvgIpc) is 2.70. The topological polar surface area (TPSA) is 99.8 Å². The summed E-state index contributed by atoms with van der Waals surface area (Å²) in [6, 6.07) is 13.8. The highest BCUT2D eigenvalue weighted by atomic mass is 16.5. The first kappa shape index (κ1) is 21.9. The van der Waals surface area contributed by atoms with Gasteiger partial charge in [-0.25, -0.2) is 4.79 Å². The Morgan fingerprint density at radius 3 is 2.14 bits per heavy atom. The number of rotatable bonds is 8. The molecule has 0 aliphatic heterocycles. The van der Waals surface area contributed by atoms with E-state index >= 15 is 0 Å². The van der Waals surface area contributed by atoms with Gasteiger partial charge >= 0.3 is 6.03 Å². The molecule has 0 heterocycles. The van der Waals surface area contributed by atoms with Crippen molar-refractivity contribution in [1.82, 2.24) is 4.90 Å². The number of hydrogen-bond acceptors (Lipinski definition) is 4. The number of para-hydroxylation sites is 1. The number of hydrogen-bond donors (Lipinski definition) is 3. The number of amides is 4. The Hall–Kier alpha value is -3.39. The molecule has 0 bridgehead atoms. The van der Waals surface area contributed by atoms with E-state index in [0.717, 1.165) is 17.7 Å². The Bertz CT molecular complexity index is 852. The van der Waals surface area contributed by atoms with E-state index in [1.807, 2.05) is 31.2 Å². The predicted octanol–water partition coefficient (Wildman–Crippen LogP) is 2.94. The predicted molar refractivity (Wildman–Crippen MR) is 113 cm³/mol. The first-order valence-corrected chi connectivity index (χ1v) is 9.21. The van der Waals surface area contributed by atoms with Crippen LogP contribution in [0.15, 0.2) is 48.5 Å². The fourth-order valence-corrected chi connectivity index (χ4v) is 2.61. The van der Waals surface area contributed by atoms with Crippen molar-refractivity contribution in [2.45, 2.75) is 13.3 Å². The third-order valence-corrected chi connectivity index (χ3v) is 4.10. The van der Waals surface area contributed by atoms with Crippen LogP contribution in [0.4, 0.5) is 21.9 Å². The largest absolute Gasteiger partial charge is 0.375 e. The van der Waals surface area contributed by atoms with Crippen LogP contribution in [-0.2, 0) is 20.7 Å². The Balaban J connectivity index is 1.86. The van der Waals surface area contributed by atoms with Crippen molar-refractivity contribution in [2.24, 2.45) is 0 Å². The lowest BCUT2D eigenvalue weighted by Crippen LogP contribution is -2.37. The second-order valence-electron chi connectivity index (χ2n) is 6.40. The number of urea groups is 1. The average molecular weight is 398 g/mol. The molecule has 0 radical (unpaired) electrons. The highest BCUT2D eigenvalue weighted by Crippen LogP contribution is 2.16. The van der Waals surface area contributed by atoms with Crippen LogP contribution in [0.1, 0.15) is 12.5 Å². The normalized spacial score (nSPS) is 10.2. The van der Waals surface area contributed by atoms with Gasteiger partial charge in [-0.2, -0.15) is 0 Å². The van der Waals surface area contributed by atoms with Crippen molar-refractivity contribution in [2.75, 3.05) is 43.3 Å². The van der Waals surface area contributed by atoms with E-state index in [4.69, 9.17) is 4.74 Å². The molecule has 3 N–H and O–H groups in total. The van der Waals surface area contributed by atoms with Crippen LogP contribution >= 0.6 is 0 Å². The zero-order valence-electron chi connectivity index (χ0n) is 16.8. The van der Waals surface area contributed by atoms with Gasteiger partial charge < -0.3 is 25.6 Å². The molecule has 8 heteroatoms. The number of nitrogens with zero attached hydrogens (tertiary/aromatic N) is 1. The SMILES string of the molecule is CCc1ccccc1NC(=O)CN(C)C(=O)Nc1ccc(NC(=O)COC)cc1. The molecule has 0 atom stereocenters. The number of likely N-dealkylation sites (N-methyl/N-ethyl adjacent to an activating group) is 1. The van der Waals surface area contributed by atoms with Crippen LogP contribution in [0.5, 0.6) is 0 Å². The lowest BCUT2D eigenvalue weighted by Gasteiger charge is -2.18. The van der Waals surface area contributed by atoms with Gasteiger partial charge in [0.25, 0.3) is 0 Å². The summed E-state index contributed by atoms with van der Waals surface area (Å²) in [7, 11) is 2.98. The number of methoxy groups -OCH3 is 1. The van der Waals surface area contributed by atoms with Gasteiger partial charge in [0.15, 0.2) is 0 Å². The quantitative estimate of drug-likeness (QED) is 0.636. The molecule has 0 fully saturated rings. The van der Waals surface area contributed by atoms with Crippen LogP contribution in [0.2, 0.25) is 0 Å². The summed E-state index contributed by atoms with van der Waals surface area (Å²) in [5, 5.41) is 8.21. The second-order valence-corrected chi connectivity index (χ2v) is 6.40. The highest BCUT2D eigenvalue weighted by Gasteiger charge is 2.14. The van der Waals surface area contributed by atoms with Crippen LogP contribution in [0.3, 0.4) is 0 Å². The summed E-state index contributed by atoms with van der Waals surface area (Å²) < 4.78 is 4.75. The van der Waals surface area contributed by atoms with Crippen molar-refractivity contribution in [1.29, 1.82) is 0 Å². The first-order chi connectivity index (χ1) is 13.9. The minimum absolute atomic E-state index is 0.0337. The van der Waals surface area contributed by atoms with Crippen molar-refractivity contribution in [3.8, 4) is 0 Å². The van der Waals surface area contributed by atoms with Gasteiger partial charge in [0.05, 0.1) is 0 Å². The first-order valence-electron chi connectivity index (χ1n) is 9.21. The molecule has 0 spiro atoms. The number of nitrogens with one attached hydrogen (secondary N) is 3. The molecule has 0 unspecified atom stereocenters. The number of ether oxygens (including phenoxy) is 1. The van der Waals surface area contributed by atoms with E-state index < -0.39 is 6.03 Å². The monoisotopic (exact) mass is 398 g/mol. The lowest BCUT2D eigenvalue weighted by atomic mass is 10.1. The standard InChI is InChI=1S/C21H26N4O4/c1-4-15-7-5-6-8-18(15)24-19(26)13-25(2)21(28)23-17-11-9-16(10-12-17)22-20(27)14-29-3/h5-12H,4,13-14H2,1-3H3,(H,22,27)(H,23,28)(H,24,26). The smallest absolute Gasteiger partial charge is 0.322 e. The fourth-order valence-electron chi connectivity index (χ4n) is 2.61. The van der Waals surface area contributed by atoms with Crippen molar-refractivity contribution >= 4 is 34.9 Å². The fraction of sp³-hybridized carbons (Fsp3) is 0.286. The summed E-state index contributed by atoms with van der Waals surface area (Å²) in [5.41, 5.74) is 2.92. The van der Waals surface area contributed by atoms with E-state index in [1.165, 1.54) is 12.0 Å². The molecular weight excluding hydrogens is 372 g/mol. The number of carbonyl (C=O) groups is 3. The van der Waals surface area contributed by atoms with Gasteiger partial charge in [-0.15, -0.1) is 0 Å². The van der Waals surface area contributed by atoms with Gasteiger partial charge in [-0.05, 0) is 42.3 Å². The van der Waals surface area contributed by atoms with Gasteiger partial charge in [0.1, 0.15) is 13.2 Å². The Morgan fingerprint density at radius 2 is 1.52 bits per heavy atom. The maximum atomic E-state index is 12.3. The van der Waals surface area contributed by atoms with Crippen molar-refractivity contribution < 1.29 is 19.1 Å². The molecule has 154 valence electrons. The third kappa shape index (κ3) is 6.93. The summed E-state index contributed by atoms with van der Waals surface area (Å²) in [6.07, 6.45) is 0.800. The number of carbonyl (C=O) groups excluding carboxylic acids is 3. The highest BCUT2D eigenvalue weighted by molar-refractivity contribution is 5.97. The van der Waals surface area contributed by atoms with E-state index in [-0.39, 0.29) is 25.0 Å². The molecule has 0 saturated carbocycles. The molecule has 0 aliphatic rings. The summed E-state index contributed by atoms with van der Waals surface area (Å²) in [6.45, 7) is 1.89. The van der Waals surface area contributed by atoms with Gasteiger partial charge in [0, 0.05) is 31.2 Å². The van der Waals surface area contributed by atoms with Crippen LogP contribution in [0, 0.1) is 0 Å². The Kier molecular flexibility index (Phi) is 8.17. The minimum Gasteiger partial charge on any atom is -0.375 e. The number of anilines is 3. The van der Waals surface area contributed by atoms with E-state index in [2.05, 4.69) is 16.0 Å². The zero-order valence-corrected chi connectivity index (χ0v) is 16.8. The molecule has 2 aromatic rings. The lowest BCUT2D eigenvalue weighted by molar-refractivity contribution is -0.119. The van der Waals surface area contributed by atoms with E-state index in [9.17, 15) is 14.4 Å². The molecule has 2 rings (SSSR count). The van der Waals surface area contributed by atoms with Gasteiger partial charge in [-0.1, -0.05) is 25.1 Å². The zero-order chi connectivity index (χ0) is 21.2. The Labute approximate surface area is 170 Å². The summed E-state index contributed by atoms with van der Waals surface area (Å²) in [4.78, 5) is 37.4. The Morgan fingerprint density at radius 1 is 0.897 bits per heavy atom. The second kappa shape index (κ2) is 10.8. The molecular formula is C21H26N4O4. The van der Waals surface area contributed by atoms with Gasteiger partial charge in [0.2, 0.25) is 11.8 Å². The minimum atomic E-state index is -0.417. The maximum absolute atomic E-state index is 12.3. The maximum Gasteiger partial charge on any atom is 0.322 e. The van der Waals surface area contributed by atoms with Gasteiger partial charge in [-0.3, -0.25) is 9.59 Å². The van der Waals surface area contributed by atoms with E-state index in [0.29, 0.717) is 11.4 Å². The van der Waals surface area contributed by atoms with Crippen molar-refractivity contribution in [3.05, 3.63) is 54.1 Å². The molecule has 0 saturated heterocycles. The molecule has 4 amide bonds. The third-order valence-electron chi connectivity index (χ3n) is 4.10. The summed E-state index contributed by atoms with van der Waals surface area (Å²) >= 11 is 0. The van der Waals surface area contributed by atoms with Crippen LogP contribution < -0.4 is 16.0 Å². The van der Waals surface area contributed by atoms with Crippen molar-refractivity contribution in [3.63, 3.8) is 0 Å². The summed E-state index contributed by atoms with van der Waals surface area (Å²) in [5.74, 6) is -0.542. The molecule has 0 aromatic heterocycles. The van der Waals surface area contributed by atoms with E-state index in [1.54, 1.807) is 31.3 Å². The molecule has 29 heavy (non-hydrogen) atoms. The number of aryl methyl sites for hydroxylation is 1. The molecule has 8 nitrogen and oxygen atoms in total. The molecule has 2 aromatic carbocycles. The number of benzene rings is 2. The van der Waals surface area contributed by atoms with Crippen LogP contribution in [-0.4, -0.2) is 50.1 Å².